The first-order valence-corrected chi connectivity index (χ1v) is 5.58. The molecule has 0 radical (unpaired) electrons. The van der Waals surface area contributed by atoms with Crippen molar-refractivity contribution in [3.8, 4) is 0 Å². The third kappa shape index (κ3) is 3.15. The fourth-order valence-electron chi connectivity index (χ4n) is 0.741. The predicted molar refractivity (Wildman–Crippen MR) is 50.2 cm³/mol. The first kappa shape index (κ1) is 11.3. The summed E-state index contributed by atoms with van der Waals surface area (Å²) in [6.45, 7) is 7.38. The molecule has 13 heavy (non-hydrogen) atoms. The molecule has 0 bridgehead atoms. The Labute approximate surface area is 80.2 Å². The van der Waals surface area contributed by atoms with Crippen LogP contribution in [-0.2, 0) is 13.6 Å². The zero-order valence-corrected chi connectivity index (χ0v) is 9.32. The highest BCUT2D eigenvalue weighted by Crippen LogP contribution is 2.50. The maximum atomic E-state index is 9.19. The van der Waals surface area contributed by atoms with Crippen LogP contribution in [0.4, 0.5) is 0 Å². The smallest absolute Gasteiger partial charge is 0.333 e. The van der Waals surface area contributed by atoms with Crippen molar-refractivity contribution < 1.29 is 18.7 Å². The van der Waals surface area contributed by atoms with Crippen LogP contribution in [0.3, 0.4) is 0 Å². The Balaban J connectivity index is 2.31. The molecule has 78 valence electrons. The largest absolute Gasteiger partial charge is 0.391 e. The van der Waals surface area contributed by atoms with Gasteiger partial charge in [-0.3, -0.25) is 0 Å². The molecule has 4 nitrogen and oxygen atoms in total. The van der Waals surface area contributed by atoms with Crippen LogP contribution in [-0.4, -0.2) is 29.5 Å². The highest BCUT2D eigenvalue weighted by molar-refractivity contribution is 7.42. The molecule has 5 heteroatoms. The molecule has 0 aromatic heterocycles. The van der Waals surface area contributed by atoms with Gasteiger partial charge in [-0.2, -0.15) is 0 Å². The lowest BCUT2D eigenvalue weighted by atomic mass is 10.3. The molecule has 1 fully saturated rings. The van der Waals surface area contributed by atoms with E-state index in [0.717, 1.165) is 0 Å². The minimum absolute atomic E-state index is 0.0762. The number of rotatable bonds is 3. The van der Waals surface area contributed by atoms with Crippen molar-refractivity contribution in [3.63, 3.8) is 0 Å². The van der Waals surface area contributed by atoms with Crippen LogP contribution in [0.1, 0.15) is 27.7 Å². The molecule has 0 aromatic rings. The number of hydrogen-bond acceptors (Lipinski definition) is 4. The van der Waals surface area contributed by atoms with Gasteiger partial charge in [0.1, 0.15) is 0 Å². The van der Waals surface area contributed by atoms with Gasteiger partial charge in [0, 0.05) is 0 Å². The van der Waals surface area contributed by atoms with Gasteiger partial charge in [0.2, 0.25) is 0 Å². The zero-order chi connectivity index (χ0) is 10.0. The van der Waals surface area contributed by atoms with Crippen molar-refractivity contribution >= 4 is 8.60 Å². The van der Waals surface area contributed by atoms with Gasteiger partial charge in [0.15, 0.2) is 0 Å². The molecular formula is C8H17O4P. The summed E-state index contributed by atoms with van der Waals surface area (Å²) >= 11 is 0. The van der Waals surface area contributed by atoms with Crippen LogP contribution < -0.4 is 0 Å². The van der Waals surface area contributed by atoms with Gasteiger partial charge in [-0.25, -0.2) is 0 Å². The molecule has 1 N–H and O–H groups in total. The van der Waals surface area contributed by atoms with Crippen molar-refractivity contribution in [2.24, 2.45) is 0 Å². The van der Waals surface area contributed by atoms with E-state index in [0.29, 0.717) is 0 Å². The maximum Gasteiger partial charge on any atom is 0.333 e. The number of aliphatic hydroxyl groups is 1. The van der Waals surface area contributed by atoms with E-state index in [1.807, 2.05) is 13.8 Å². The Morgan fingerprint density at radius 1 is 1.23 bits per heavy atom. The van der Waals surface area contributed by atoms with Crippen LogP contribution >= 0.6 is 8.60 Å². The zero-order valence-electron chi connectivity index (χ0n) is 8.43. The van der Waals surface area contributed by atoms with Crippen LogP contribution in [0, 0.1) is 0 Å². The molecule has 1 heterocycles. The summed E-state index contributed by atoms with van der Waals surface area (Å²) in [5.41, 5.74) is 0. The van der Waals surface area contributed by atoms with Crippen molar-refractivity contribution in [1.29, 1.82) is 0 Å². The molecular weight excluding hydrogens is 191 g/mol. The van der Waals surface area contributed by atoms with Crippen LogP contribution in [0.5, 0.6) is 0 Å². The number of hydrogen-bond donors (Lipinski definition) is 1. The number of aliphatic hydroxyl groups excluding tert-OH is 1. The molecule has 1 rings (SSSR count). The van der Waals surface area contributed by atoms with E-state index >= 15 is 0 Å². The quantitative estimate of drug-likeness (QED) is 0.719. The minimum Gasteiger partial charge on any atom is -0.391 e. The summed E-state index contributed by atoms with van der Waals surface area (Å²) in [6, 6.07) is 0. The highest BCUT2D eigenvalue weighted by Gasteiger charge is 2.33. The molecule has 0 spiro atoms. The highest BCUT2D eigenvalue weighted by atomic mass is 31.2. The van der Waals surface area contributed by atoms with Crippen LogP contribution in [0.15, 0.2) is 0 Å². The molecule has 4 unspecified atom stereocenters. The summed E-state index contributed by atoms with van der Waals surface area (Å²) < 4.78 is 16.2. The van der Waals surface area contributed by atoms with E-state index in [-0.39, 0.29) is 18.3 Å². The van der Waals surface area contributed by atoms with E-state index in [2.05, 4.69) is 0 Å². The van der Waals surface area contributed by atoms with Gasteiger partial charge in [0.25, 0.3) is 0 Å². The molecule has 1 saturated heterocycles. The summed E-state index contributed by atoms with van der Waals surface area (Å²) in [7, 11) is -1.26. The lowest BCUT2D eigenvalue weighted by Crippen LogP contribution is -2.20. The van der Waals surface area contributed by atoms with Crippen molar-refractivity contribution in [2.75, 3.05) is 0 Å². The third-order valence-corrected chi connectivity index (χ3v) is 3.61. The van der Waals surface area contributed by atoms with Crippen molar-refractivity contribution in [3.05, 3.63) is 0 Å². The molecule has 1 aliphatic heterocycles. The summed E-state index contributed by atoms with van der Waals surface area (Å²) in [5, 5.41) is 9.19. The Hall–Kier alpha value is 0.270. The van der Waals surface area contributed by atoms with E-state index < -0.39 is 14.7 Å². The molecule has 0 saturated carbocycles. The third-order valence-electron chi connectivity index (χ3n) is 2.10. The van der Waals surface area contributed by atoms with E-state index in [1.54, 1.807) is 13.8 Å². The Kier molecular flexibility index (Phi) is 4.07. The SMILES string of the molecule is CC(O)C(C)OP1OC(C)C(C)O1. The Morgan fingerprint density at radius 3 is 2.08 bits per heavy atom. The minimum atomic E-state index is -1.26. The lowest BCUT2D eigenvalue weighted by molar-refractivity contribution is 0.0495. The summed E-state index contributed by atoms with van der Waals surface area (Å²) in [4.78, 5) is 0. The molecule has 0 amide bonds. The average Bonchev–Trinajstić information content (AvgIpc) is 2.31. The lowest BCUT2D eigenvalue weighted by Gasteiger charge is -2.17. The topological polar surface area (TPSA) is 47.9 Å². The second kappa shape index (κ2) is 4.67. The Bertz CT molecular complexity index is 154. The normalized spacial score (nSPS) is 39.0. The second-order valence-corrected chi connectivity index (χ2v) is 4.48. The molecule has 0 aromatic carbocycles. The van der Waals surface area contributed by atoms with E-state index in [4.69, 9.17) is 13.6 Å². The second-order valence-electron chi connectivity index (χ2n) is 3.40. The van der Waals surface area contributed by atoms with Crippen molar-refractivity contribution in [2.45, 2.75) is 52.1 Å². The standard InChI is InChI=1S/C8H17O4P/c1-5(9)6(2)10-13-11-7(3)8(4)12-13/h5-9H,1-4H3. The van der Waals surface area contributed by atoms with Gasteiger partial charge in [0.05, 0.1) is 24.4 Å². The van der Waals surface area contributed by atoms with Crippen LogP contribution in [0.25, 0.3) is 0 Å². The fourth-order valence-corrected chi connectivity index (χ4v) is 2.22. The molecule has 4 atom stereocenters. The van der Waals surface area contributed by atoms with E-state index in [9.17, 15) is 5.11 Å². The van der Waals surface area contributed by atoms with Gasteiger partial charge in [-0.05, 0) is 27.7 Å². The van der Waals surface area contributed by atoms with Gasteiger partial charge in [-0.1, -0.05) is 0 Å². The van der Waals surface area contributed by atoms with Gasteiger partial charge < -0.3 is 18.7 Å². The summed E-state index contributed by atoms with van der Waals surface area (Å²) in [6.07, 6.45) is -0.593. The van der Waals surface area contributed by atoms with E-state index in [1.165, 1.54) is 0 Å². The Morgan fingerprint density at radius 2 is 1.69 bits per heavy atom. The predicted octanol–water partition coefficient (Wildman–Crippen LogP) is 1.82. The monoisotopic (exact) mass is 208 g/mol. The van der Waals surface area contributed by atoms with Gasteiger partial charge in [-0.15, -0.1) is 0 Å². The molecule has 1 aliphatic rings. The first-order chi connectivity index (χ1) is 6.00. The average molecular weight is 208 g/mol. The van der Waals surface area contributed by atoms with Crippen LogP contribution in [0.2, 0.25) is 0 Å². The molecule has 0 aliphatic carbocycles. The van der Waals surface area contributed by atoms with Crippen molar-refractivity contribution in [1.82, 2.24) is 0 Å². The first-order valence-electron chi connectivity index (χ1n) is 4.49. The summed E-state index contributed by atoms with van der Waals surface area (Å²) in [5.74, 6) is 0. The fraction of sp³-hybridized carbons (Fsp3) is 1.00. The maximum absolute atomic E-state index is 9.19. The van der Waals surface area contributed by atoms with Gasteiger partial charge >= 0.3 is 8.60 Å².